The fraction of sp³-hybridized carbons (Fsp3) is 0.533. The first-order valence-corrected chi connectivity index (χ1v) is 9.86. The van der Waals surface area contributed by atoms with E-state index in [-0.39, 0.29) is 31.0 Å². The number of nitrogens with one attached hydrogen (secondary N) is 1. The minimum Gasteiger partial charge on any atom is -0.480 e. The van der Waals surface area contributed by atoms with E-state index in [2.05, 4.69) is 9.71 Å². The van der Waals surface area contributed by atoms with Gasteiger partial charge in [-0.1, -0.05) is 0 Å². The number of carbonyl (C=O) groups is 2. The molecule has 2 aliphatic heterocycles. The van der Waals surface area contributed by atoms with Crippen molar-refractivity contribution in [3.63, 3.8) is 0 Å². The van der Waals surface area contributed by atoms with Gasteiger partial charge in [-0.05, 0) is 25.0 Å². The summed E-state index contributed by atoms with van der Waals surface area (Å²) in [5.74, 6) is 0.324. The Kier molecular flexibility index (Phi) is 4.91. The maximum absolute atomic E-state index is 12.5. The summed E-state index contributed by atoms with van der Waals surface area (Å²) < 4.78 is 30.4. The Balaban J connectivity index is 1.61. The standard InChI is InChI=1S/C15H20N4O5S/c1-25(22,23)17-11-4-7-18(8-5-11)13(20)9-19-14(21)10-24-12-3-2-6-16-15(12)19/h2-3,6,11,17H,4-5,7-10H2,1H3. The smallest absolute Gasteiger partial charge is 0.266 e. The maximum Gasteiger partial charge on any atom is 0.266 e. The van der Waals surface area contributed by atoms with Crippen molar-refractivity contribution < 1.29 is 22.7 Å². The number of ether oxygens (including phenoxy) is 1. The molecule has 3 rings (SSSR count). The molecule has 0 radical (unpaired) electrons. The largest absolute Gasteiger partial charge is 0.480 e. The topological polar surface area (TPSA) is 109 Å². The Hall–Kier alpha value is -2.20. The molecule has 1 fully saturated rings. The van der Waals surface area contributed by atoms with Crippen LogP contribution in [0.3, 0.4) is 0 Å². The number of rotatable bonds is 4. The van der Waals surface area contributed by atoms with Crippen molar-refractivity contribution in [1.29, 1.82) is 0 Å². The zero-order chi connectivity index (χ0) is 18.0. The van der Waals surface area contributed by atoms with Crippen molar-refractivity contribution in [1.82, 2.24) is 14.6 Å². The molecule has 1 aromatic rings. The van der Waals surface area contributed by atoms with Gasteiger partial charge in [0.1, 0.15) is 6.54 Å². The normalized spacial score (nSPS) is 18.7. The van der Waals surface area contributed by atoms with E-state index >= 15 is 0 Å². The fourth-order valence-electron chi connectivity index (χ4n) is 2.98. The molecule has 136 valence electrons. The predicted octanol–water partition coefficient (Wildman–Crippen LogP) is -0.653. The minimum absolute atomic E-state index is 0.101. The number of amides is 2. The molecule has 2 amide bonds. The number of fused-ring (bicyclic) bond motifs is 1. The molecule has 10 heteroatoms. The highest BCUT2D eigenvalue weighted by atomic mass is 32.2. The molecule has 9 nitrogen and oxygen atoms in total. The number of anilines is 1. The lowest BCUT2D eigenvalue weighted by molar-refractivity contribution is -0.132. The van der Waals surface area contributed by atoms with Crippen LogP contribution in [0.2, 0.25) is 0 Å². The first-order valence-electron chi connectivity index (χ1n) is 7.97. The van der Waals surface area contributed by atoms with Gasteiger partial charge in [-0.25, -0.2) is 18.1 Å². The third kappa shape index (κ3) is 4.26. The van der Waals surface area contributed by atoms with Crippen LogP contribution in [0.15, 0.2) is 18.3 Å². The zero-order valence-electron chi connectivity index (χ0n) is 13.8. The van der Waals surface area contributed by atoms with Crippen LogP contribution in [0, 0.1) is 0 Å². The number of hydrogen-bond donors (Lipinski definition) is 1. The summed E-state index contributed by atoms with van der Waals surface area (Å²) in [6, 6.07) is 3.24. The quantitative estimate of drug-likeness (QED) is 0.756. The van der Waals surface area contributed by atoms with Gasteiger partial charge in [0.05, 0.1) is 6.26 Å². The number of hydrogen-bond acceptors (Lipinski definition) is 6. The Bertz CT molecular complexity index is 774. The van der Waals surface area contributed by atoms with Gasteiger partial charge in [0.15, 0.2) is 18.2 Å². The van der Waals surface area contributed by atoms with Crippen molar-refractivity contribution >= 4 is 27.7 Å². The molecule has 1 saturated heterocycles. The number of nitrogens with zero attached hydrogens (tertiary/aromatic N) is 3. The van der Waals surface area contributed by atoms with E-state index in [0.717, 1.165) is 6.26 Å². The number of likely N-dealkylation sites (tertiary alicyclic amines) is 1. The summed E-state index contributed by atoms with van der Waals surface area (Å²) in [7, 11) is -3.25. The van der Waals surface area contributed by atoms with Crippen LogP contribution in [0.4, 0.5) is 5.82 Å². The van der Waals surface area contributed by atoms with E-state index in [1.807, 2.05) is 0 Å². The van der Waals surface area contributed by atoms with Crippen molar-refractivity contribution in [3.8, 4) is 5.75 Å². The van der Waals surface area contributed by atoms with Crippen LogP contribution < -0.4 is 14.4 Å². The average Bonchev–Trinajstić information content (AvgIpc) is 2.56. The van der Waals surface area contributed by atoms with Gasteiger partial charge in [0.2, 0.25) is 15.9 Å². The molecular weight excluding hydrogens is 348 g/mol. The first kappa shape index (κ1) is 17.6. The molecule has 0 atom stereocenters. The SMILES string of the molecule is CS(=O)(=O)NC1CCN(C(=O)CN2C(=O)COc3cccnc32)CC1. The Labute approximate surface area is 146 Å². The lowest BCUT2D eigenvalue weighted by atomic mass is 10.1. The monoisotopic (exact) mass is 368 g/mol. The molecule has 0 unspecified atom stereocenters. The molecule has 25 heavy (non-hydrogen) atoms. The maximum atomic E-state index is 12.5. The average molecular weight is 368 g/mol. The van der Waals surface area contributed by atoms with Crippen LogP contribution in [0.5, 0.6) is 5.75 Å². The molecule has 2 aliphatic rings. The second-order valence-corrected chi connectivity index (χ2v) is 7.92. The van der Waals surface area contributed by atoms with Crippen molar-refractivity contribution in [3.05, 3.63) is 18.3 Å². The highest BCUT2D eigenvalue weighted by Gasteiger charge is 2.31. The van der Waals surface area contributed by atoms with E-state index < -0.39 is 10.0 Å². The molecule has 0 spiro atoms. The van der Waals surface area contributed by atoms with Gasteiger partial charge in [-0.3, -0.25) is 14.5 Å². The number of piperidine rings is 1. The van der Waals surface area contributed by atoms with Gasteiger partial charge in [-0.15, -0.1) is 0 Å². The van der Waals surface area contributed by atoms with Gasteiger partial charge >= 0.3 is 0 Å². The summed E-state index contributed by atoms with van der Waals surface area (Å²) >= 11 is 0. The summed E-state index contributed by atoms with van der Waals surface area (Å²) in [6.07, 6.45) is 3.76. The summed E-state index contributed by atoms with van der Waals surface area (Å²) in [5.41, 5.74) is 0. The molecule has 1 aromatic heterocycles. The number of carbonyl (C=O) groups excluding carboxylic acids is 2. The zero-order valence-corrected chi connectivity index (χ0v) is 14.7. The van der Waals surface area contributed by atoms with Crippen molar-refractivity contribution in [2.75, 3.05) is 37.4 Å². The van der Waals surface area contributed by atoms with E-state index in [1.54, 1.807) is 23.2 Å². The van der Waals surface area contributed by atoms with Crippen LogP contribution in [0.1, 0.15) is 12.8 Å². The van der Waals surface area contributed by atoms with Crippen LogP contribution >= 0.6 is 0 Å². The van der Waals surface area contributed by atoms with Crippen LogP contribution in [0.25, 0.3) is 0 Å². The third-order valence-corrected chi connectivity index (χ3v) is 4.94. The van der Waals surface area contributed by atoms with E-state index in [9.17, 15) is 18.0 Å². The third-order valence-electron chi connectivity index (χ3n) is 4.18. The molecule has 1 N–H and O–H groups in total. The minimum atomic E-state index is -3.25. The highest BCUT2D eigenvalue weighted by molar-refractivity contribution is 7.88. The first-order chi connectivity index (χ1) is 11.8. The second-order valence-electron chi connectivity index (χ2n) is 6.14. The van der Waals surface area contributed by atoms with E-state index in [0.29, 0.717) is 37.5 Å². The molecule has 0 bridgehead atoms. The Morgan fingerprint density at radius 1 is 1.40 bits per heavy atom. The lowest BCUT2D eigenvalue weighted by Crippen LogP contribution is -2.51. The fourth-order valence-corrected chi connectivity index (χ4v) is 3.82. The number of aromatic nitrogens is 1. The van der Waals surface area contributed by atoms with Gasteiger partial charge < -0.3 is 9.64 Å². The molecular formula is C15H20N4O5S. The molecule has 0 saturated carbocycles. The number of pyridine rings is 1. The Morgan fingerprint density at radius 3 is 2.80 bits per heavy atom. The molecule has 3 heterocycles. The van der Waals surface area contributed by atoms with Gasteiger partial charge in [-0.2, -0.15) is 0 Å². The van der Waals surface area contributed by atoms with Gasteiger partial charge in [0.25, 0.3) is 5.91 Å². The van der Waals surface area contributed by atoms with Crippen LogP contribution in [-0.2, 0) is 19.6 Å². The summed E-state index contributed by atoms with van der Waals surface area (Å²) in [5, 5.41) is 0. The summed E-state index contributed by atoms with van der Waals surface area (Å²) in [6.45, 7) is 0.669. The summed E-state index contributed by atoms with van der Waals surface area (Å²) in [4.78, 5) is 31.8. The molecule has 0 aliphatic carbocycles. The van der Waals surface area contributed by atoms with Crippen molar-refractivity contribution in [2.24, 2.45) is 0 Å². The van der Waals surface area contributed by atoms with Crippen molar-refractivity contribution in [2.45, 2.75) is 18.9 Å². The van der Waals surface area contributed by atoms with Gasteiger partial charge in [0, 0.05) is 25.3 Å². The van der Waals surface area contributed by atoms with Crippen LogP contribution in [-0.4, -0.2) is 68.7 Å². The highest BCUT2D eigenvalue weighted by Crippen LogP contribution is 2.28. The van der Waals surface area contributed by atoms with E-state index in [1.165, 1.54) is 4.90 Å². The van der Waals surface area contributed by atoms with E-state index in [4.69, 9.17) is 4.74 Å². The second kappa shape index (κ2) is 6.96. The lowest BCUT2D eigenvalue weighted by Gasteiger charge is -2.34. The predicted molar refractivity (Wildman–Crippen MR) is 89.7 cm³/mol. The number of sulfonamides is 1. The molecule has 0 aromatic carbocycles. The Morgan fingerprint density at radius 2 is 2.12 bits per heavy atom.